The van der Waals surface area contributed by atoms with E-state index in [0.29, 0.717) is 16.7 Å². The van der Waals surface area contributed by atoms with Gasteiger partial charge in [-0.05, 0) is 24.0 Å². The fraction of sp³-hybridized carbons (Fsp3) is 0.333. The Kier molecular flexibility index (Phi) is 8.64. The van der Waals surface area contributed by atoms with Gasteiger partial charge >= 0.3 is 23.5 Å². The molecule has 232 valence electrons. The summed E-state index contributed by atoms with van der Waals surface area (Å²) in [7, 11) is 0. The van der Waals surface area contributed by atoms with Crippen molar-refractivity contribution in [2.75, 3.05) is 23.8 Å². The second kappa shape index (κ2) is 12.3. The number of hydrogen-bond acceptors (Lipinski definition) is 13. The van der Waals surface area contributed by atoms with E-state index in [2.05, 4.69) is 20.4 Å². The smallest absolute Gasteiger partial charge is 0.352 e. The number of oxime groups is 1. The summed E-state index contributed by atoms with van der Waals surface area (Å²) < 4.78 is 3.31. The van der Waals surface area contributed by atoms with E-state index < -0.39 is 47.0 Å². The molecule has 0 aromatic carbocycles. The number of carboxylic acids is 2. The number of nitrogens with one attached hydrogen (secondary N) is 1. The molecular weight excluding hydrogens is 642 g/mol. The average Bonchev–Trinajstić information content (AvgIpc) is 3.48. The largest absolute Gasteiger partial charge is 0.478 e. The molecule has 0 bridgehead atoms. The lowest BCUT2D eigenvalue weighted by molar-refractivity contribution is -0.664. The van der Waals surface area contributed by atoms with Gasteiger partial charge in [0.05, 0.1) is 19.3 Å². The van der Waals surface area contributed by atoms with Gasteiger partial charge in [0.1, 0.15) is 39.2 Å². The van der Waals surface area contributed by atoms with E-state index in [1.807, 2.05) is 0 Å². The average molecular weight is 667 g/mol. The monoisotopic (exact) mass is 666 g/mol. The van der Waals surface area contributed by atoms with Crippen molar-refractivity contribution in [3.05, 3.63) is 39.6 Å². The quantitative estimate of drug-likeness (QED) is 0.0637. The SMILES string of the molecule is C[C@H](ON=C(C(=O)N[C@@H]1C(=O)N2C(C(=O)O)=C(C[n+]3cccc4c3nc(N)n4CCO)CSC12)c1nc(N)sc1Cl)C(=O)O. The summed E-state index contributed by atoms with van der Waals surface area (Å²) in [6.07, 6.45) is 0.278. The Balaban J connectivity index is 1.40. The van der Waals surface area contributed by atoms with Crippen molar-refractivity contribution in [1.29, 1.82) is 0 Å². The molecule has 20 heteroatoms. The van der Waals surface area contributed by atoms with Crippen LogP contribution < -0.4 is 21.4 Å². The van der Waals surface area contributed by atoms with Crippen molar-refractivity contribution >= 4 is 86.4 Å². The van der Waals surface area contributed by atoms with Crippen molar-refractivity contribution in [1.82, 2.24) is 24.8 Å². The Morgan fingerprint density at radius 2 is 2.07 bits per heavy atom. The van der Waals surface area contributed by atoms with Gasteiger partial charge in [0, 0.05) is 11.3 Å². The van der Waals surface area contributed by atoms with Crippen LogP contribution in [-0.4, -0.2) is 94.1 Å². The number of imidazole rings is 1. The molecule has 2 aliphatic rings. The summed E-state index contributed by atoms with van der Waals surface area (Å²) in [5.74, 6) is -3.94. The van der Waals surface area contributed by atoms with Crippen LogP contribution in [0.3, 0.4) is 0 Å². The number of carbonyl (C=O) groups excluding carboxylic acids is 2. The summed E-state index contributed by atoms with van der Waals surface area (Å²) in [5, 5.41) is 34.0. The van der Waals surface area contributed by atoms with Gasteiger partial charge in [0.15, 0.2) is 10.8 Å². The number of aliphatic hydroxyl groups is 1. The molecule has 44 heavy (non-hydrogen) atoms. The molecule has 1 fully saturated rings. The topological polar surface area (TPSA) is 252 Å². The van der Waals surface area contributed by atoms with Gasteiger partial charge in [0.25, 0.3) is 11.8 Å². The molecule has 0 radical (unpaired) electrons. The Labute approximate surface area is 260 Å². The van der Waals surface area contributed by atoms with E-state index in [1.54, 1.807) is 27.5 Å². The van der Waals surface area contributed by atoms with Crippen LogP contribution in [0.2, 0.25) is 4.34 Å². The number of anilines is 2. The van der Waals surface area contributed by atoms with Crippen molar-refractivity contribution in [3.8, 4) is 0 Å². The highest BCUT2D eigenvalue weighted by atomic mass is 35.5. The number of aromatic nitrogens is 4. The molecule has 8 N–H and O–H groups in total. The molecule has 2 aliphatic heterocycles. The number of rotatable bonds is 11. The third kappa shape index (κ3) is 5.61. The summed E-state index contributed by atoms with van der Waals surface area (Å²) in [6.45, 7) is 1.34. The van der Waals surface area contributed by atoms with Crippen molar-refractivity contribution in [2.45, 2.75) is 37.5 Å². The van der Waals surface area contributed by atoms with Crippen LogP contribution in [0.4, 0.5) is 11.1 Å². The first kappa shape index (κ1) is 31.0. The summed E-state index contributed by atoms with van der Waals surface area (Å²) >= 11 is 8.23. The maximum Gasteiger partial charge on any atom is 0.352 e. The molecule has 3 atom stereocenters. The number of nitrogen functional groups attached to an aromatic ring is 2. The predicted molar refractivity (Wildman–Crippen MR) is 157 cm³/mol. The van der Waals surface area contributed by atoms with E-state index in [9.17, 15) is 29.4 Å². The highest BCUT2D eigenvalue weighted by molar-refractivity contribution is 8.00. The number of thioether (sulfide) groups is 1. The number of amides is 2. The van der Waals surface area contributed by atoms with Gasteiger partial charge in [-0.2, -0.15) is 0 Å². The van der Waals surface area contributed by atoms with E-state index >= 15 is 0 Å². The number of halogens is 1. The van der Waals surface area contributed by atoms with Crippen LogP contribution in [0.25, 0.3) is 11.2 Å². The minimum atomic E-state index is -1.42. The number of β-lactam (4-membered cyclic amide) rings is 1. The van der Waals surface area contributed by atoms with Gasteiger partial charge < -0.3 is 36.9 Å². The number of pyridine rings is 1. The number of nitrogens with two attached hydrogens (primary N) is 2. The molecule has 3 aromatic rings. The van der Waals surface area contributed by atoms with Crippen LogP contribution in [-0.2, 0) is 37.1 Å². The second-order valence-electron chi connectivity index (χ2n) is 9.51. The molecule has 0 aliphatic carbocycles. The van der Waals surface area contributed by atoms with E-state index in [4.69, 9.17) is 33.0 Å². The number of carbonyl (C=O) groups is 4. The zero-order valence-electron chi connectivity index (χ0n) is 22.7. The number of hydrogen-bond donors (Lipinski definition) is 6. The zero-order chi connectivity index (χ0) is 31.9. The van der Waals surface area contributed by atoms with Crippen LogP contribution in [0.5, 0.6) is 0 Å². The molecule has 0 spiro atoms. The van der Waals surface area contributed by atoms with Gasteiger partial charge in [-0.3, -0.25) is 19.1 Å². The molecule has 5 rings (SSSR count). The normalized spacial score (nSPS) is 19.0. The van der Waals surface area contributed by atoms with Crippen LogP contribution >= 0.6 is 34.7 Å². The number of thiazole rings is 1. The molecule has 3 aromatic heterocycles. The van der Waals surface area contributed by atoms with E-state index in [1.165, 1.54) is 18.7 Å². The standard InChI is InChI=1S/C24H24ClN9O8S2/c1-9(21(38)39)42-31-13(12-16(25)44-24(27)29-12)18(36)28-14-19(37)34-15(22(40)41)10(8-43-20(14)34)7-32-4-2-3-11-17(32)30-23(26)33(11)5-6-35/h2-4,9,14,20,26,35H,5-8H2,1H3,(H5,27,28,29,36,38,39,40,41)/p+1/t9-,14+,20?/m0/s1. The second-order valence-corrected chi connectivity index (χ2v) is 12.2. The lowest BCUT2D eigenvalue weighted by Crippen LogP contribution is -2.71. The van der Waals surface area contributed by atoms with Gasteiger partial charge in [-0.25, -0.2) is 19.1 Å². The van der Waals surface area contributed by atoms with E-state index in [0.717, 1.165) is 16.2 Å². The fourth-order valence-corrected chi connectivity index (χ4v) is 6.93. The molecule has 2 amide bonds. The first-order valence-electron chi connectivity index (χ1n) is 12.8. The number of nitrogens with zero attached hydrogens (tertiary/aromatic N) is 6. The third-order valence-corrected chi connectivity index (χ3v) is 9.14. The molecule has 1 saturated heterocycles. The molecular formula is C24H25ClN9O8S2+. The molecule has 17 nitrogen and oxygen atoms in total. The number of aliphatic hydroxyl groups excluding tert-OH is 1. The number of aliphatic carboxylic acids is 2. The minimum Gasteiger partial charge on any atom is -0.478 e. The Morgan fingerprint density at radius 1 is 1.32 bits per heavy atom. The van der Waals surface area contributed by atoms with Gasteiger partial charge in [-0.1, -0.05) is 28.1 Å². The molecule has 5 heterocycles. The molecule has 0 saturated carbocycles. The van der Waals surface area contributed by atoms with Crippen molar-refractivity contribution in [3.63, 3.8) is 0 Å². The number of carboxylic acid groups (broad SMARTS) is 2. The minimum absolute atomic E-state index is 0.00527. The number of fused-ring (bicyclic) bond motifs is 2. The fourth-order valence-electron chi connectivity index (χ4n) is 4.67. The Morgan fingerprint density at radius 3 is 2.70 bits per heavy atom. The Bertz CT molecular complexity index is 1760. The molecule has 1 unspecified atom stereocenters. The summed E-state index contributed by atoms with van der Waals surface area (Å²) in [6, 6.07) is 2.36. The van der Waals surface area contributed by atoms with Crippen LogP contribution in [0, 0.1) is 0 Å². The lowest BCUT2D eigenvalue weighted by Gasteiger charge is -2.49. The highest BCUT2D eigenvalue weighted by Crippen LogP contribution is 2.40. The first-order chi connectivity index (χ1) is 20.9. The summed E-state index contributed by atoms with van der Waals surface area (Å²) in [5.41, 5.74) is 12.3. The Hall–Kier alpha value is -4.46. The maximum atomic E-state index is 13.3. The third-order valence-electron chi connectivity index (χ3n) is 6.72. The predicted octanol–water partition coefficient (Wildman–Crippen LogP) is -0.777. The van der Waals surface area contributed by atoms with Gasteiger partial charge in [-0.15, -0.1) is 11.8 Å². The summed E-state index contributed by atoms with van der Waals surface area (Å²) in [4.78, 5) is 64.5. The lowest BCUT2D eigenvalue weighted by atomic mass is 10.0. The first-order valence-corrected chi connectivity index (χ1v) is 15.0. The highest BCUT2D eigenvalue weighted by Gasteiger charge is 2.54. The van der Waals surface area contributed by atoms with E-state index in [-0.39, 0.29) is 52.3 Å². The van der Waals surface area contributed by atoms with Crippen LogP contribution in [0.1, 0.15) is 12.6 Å². The zero-order valence-corrected chi connectivity index (χ0v) is 25.1. The van der Waals surface area contributed by atoms with Crippen molar-refractivity contribution in [2.24, 2.45) is 5.16 Å². The van der Waals surface area contributed by atoms with Crippen molar-refractivity contribution < 1.29 is 43.9 Å². The van der Waals surface area contributed by atoms with Gasteiger partial charge in [0.2, 0.25) is 6.10 Å². The maximum absolute atomic E-state index is 13.3. The van der Waals surface area contributed by atoms with Crippen LogP contribution in [0.15, 0.2) is 34.8 Å².